The number of nitrogens with one attached hydrogen (secondary N) is 1. The first-order valence-electron chi connectivity index (χ1n) is 7.57. The summed E-state index contributed by atoms with van der Waals surface area (Å²) in [4.78, 5) is 34.6. The maximum absolute atomic E-state index is 11.8. The summed E-state index contributed by atoms with van der Waals surface area (Å²) in [7, 11) is 1.49. The molecule has 1 aromatic heterocycles. The molecule has 1 amide bonds. The molecule has 126 valence electrons. The molecular weight excluding hydrogens is 302 g/mol. The molecule has 0 aliphatic carbocycles. The molecule has 7 nitrogen and oxygen atoms in total. The van der Waals surface area contributed by atoms with Crippen LogP contribution in [0.4, 0.5) is 0 Å². The molecule has 1 aliphatic rings. The fourth-order valence-corrected chi connectivity index (χ4v) is 2.38. The number of carbonyl (C=O) groups excluding carboxylic acids is 2. The number of hydrogen-bond acceptors (Lipinski definition) is 6. The fraction of sp³-hybridized carbons (Fsp3) is 0.562. The van der Waals surface area contributed by atoms with E-state index in [0.29, 0.717) is 36.3 Å². The summed E-state index contributed by atoms with van der Waals surface area (Å²) in [5.41, 5.74) is -0.0104. The lowest BCUT2D eigenvalue weighted by Gasteiger charge is -2.14. The summed E-state index contributed by atoms with van der Waals surface area (Å²) in [5.74, 6) is 0.305. The van der Waals surface area contributed by atoms with Gasteiger partial charge in [-0.05, 0) is 19.8 Å². The SMILES string of the molecule is COc1cc(C(C)CCOC(=O)[C@@H]2CCC(=O)N2)oc(=O)c1C. The maximum atomic E-state index is 11.8. The van der Waals surface area contributed by atoms with Gasteiger partial charge in [0.2, 0.25) is 5.91 Å². The first-order chi connectivity index (χ1) is 10.9. The van der Waals surface area contributed by atoms with Gasteiger partial charge in [-0.25, -0.2) is 9.59 Å². The highest BCUT2D eigenvalue weighted by molar-refractivity contribution is 5.88. The Kier molecular flexibility index (Phi) is 5.41. The number of hydrogen-bond donors (Lipinski definition) is 1. The van der Waals surface area contributed by atoms with Crippen molar-refractivity contribution in [1.82, 2.24) is 5.32 Å². The second kappa shape index (κ2) is 7.30. The van der Waals surface area contributed by atoms with Gasteiger partial charge >= 0.3 is 11.6 Å². The first-order valence-corrected chi connectivity index (χ1v) is 7.57. The van der Waals surface area contributed by atoms with E-state index in [2.05, 4.69) is 5.32 Å². The average Bonchev–Trinajstić information content (AvgIpc) is 2.96. The largest absolute Gasteiger partial charge is 0.496 e. The number of amides is 1. The van der Waals surface area contributed by atoms with Crippen LogP contribution in [0, 0.1) is 6.92 Å². The zero-order valence-corrected chi connectivity index (χ0v) is 13.5. The van der Waals surface area contributed by atoms with Crippen LogP contribution < -0.4 is 15.7 Å². The monoisotopic (exact) mass is 323 g/mol. The standard InChI is InChI=1S/C16H21NO6/c1-9(12-8-13(21-3)10(2)15(19)23-12)6-7-22-16(20)11-4-5-14(18)17-11/h8-9,11H,4-7H2,1-3H3,(H,17,18)/t9?,11-/m0/s1. The summed E-state index contributed by atoms with van der Waals surface area (Å²) in [6.45, 7) is 3.70. The Balaban J connectivity index is 1.89. The predicted molar refractivity (Wildman–Crippen MR) is 81.4 cm³/mol. The quantitative estimate of drug-likeness (QED) is 0.792. The highest BCUT2D eigenvalue weighted by Crippen LogP contribution is 2.23. The second-order valence-electron chi connectivity index (χ2n) is 5.65. The third kappa shape index (κ3) is 4.12. The van der Waals surface area contributed by atoms with Crippen LogP contribution in [-0.2, 0) is 14.3 Å². The van der Waals surface area contributed by atoms with Gasteiger partial charge in [-0.2, -0.15) is 0 Å². The van der Waals surface area contributed by atoms with E-state index in [4.69, 9.17) is 13.9 Å². The zero-order chi connectivity index (χ0) is 17.0. The van der Waals surface area contributed by atoms with Gasteiger partial charge in [0.1, 0.15) is 17.6 Å². The van der Waals surface area contributed by atoms with Gasteiger partial charge in [0, 0.05) is 18.4 Å². The van der Waals surface area contributed by atoms with Crippen molar-refractivity contribution >= 4 is 11.9 Å². The smallest absolute Gasteiger partial charge is 0.342 e. The molecule has 7 heteroatoms. The number of ether oxygens (including phenoxy) is 2. The van der Waals surface area contributed by atoms with Gasteiger partial charge in [-0.15, -0.1) is 0 Å². The van der Waals surface area contributed by atoms with Crippen LogP contribution in [0.3, 0.4) is 0 Å². The summed E-state index contributed by atoms with van der Waals surface area (Å²) in [5, 5.41) is 2.56. The molecular formula is C16H21NO6. The molecule has 1 N–H and O–H groups in total. The molecule has 0 saturated carbocycles. The second-order valence-corrected chi connectivity index (χ2v) is 5.65. The fourth-order valence-electron chi connectivity index (χ4n) is 2.38. The molecule has 0 aromatic carbocycles. The van der Waals surface area contributed by atoms with Crippen molar-refractivity contribution in [3.8, 4) is 5.75 Å². The average molecular weight is 323 g/mol. The first kappa shape index (κ1) is 17.1. The van der Waals surface area contributed by atoms with Crippen LogP contribution in [0.5, 0.6) is 5.75 Å². The van der Waals surface area contributed by atoms with E-state index >= 15 is 0 Å². The number of carbonyl (C=O) groups is 2. The van der Waals surface area contributed by atoms with Gasteiger partial charge in [-0.3, -0.25) is 4.79 Å². The third-order valence-corrected chi connectivity index (χ3v) is 3.94. The molecule has 2 heterocycles. The van der Waals surface area contributed by atoms with E-state index < -0.39 is 17.6 Å². The Bertz CT molecular complexity index is 650. The Morgan fingerprint density at radius 2 is 2.22 bits per heavy atom. The molecule has 0 bridgehead atoms. The molecule has 0 spiro atoms. The number of esters is 1. The predicted octanol–water partition coefficient (Wildman–Crippen LogP) is 1.27. The Morgan fingerprint density at radius 3 is 2.83 bits per heavy atom. The highest BCUT2D eigenvalue weighted by atomic mass is 16.5. The van der Waals surface area contributed by atoms with E-state index in [1.165, 1.54) is 7.11 Å². The highest BCUT2D eigenvalue weighted by Gasteiger charge is 2.28. The summed E-state index contributed by atoms with van der Waals surface area (Å²) < 4.78 is 15.6. The molecule has 2 rings (SSSR count). The summed E-state index contributed by atoms with van der Waals surface area (Å²) in [6, 6.07) is 1.13. The third-order valence-electron chi connectivity index (χ3n) is 3.94. The van der Waals surface area contributed by atoms with Crippen LogP contribution in [0.1, 0.15) is 43.4 Å². The van der Waals surface area contributed by atoms with Crippen molar-refractivity contribution < 1.29 is 23.5 Å². The minimum atomic E-state index is -0.546. The van der Waals surface area contributed by atoms with Gasteiger partial charge in [-0.1, -0.05) is 6.92 Å². The Labute approximate surface area is 134 Å². The van der Waals surface area contributed by atoms with E-state index in [0.717, 1.165) is 0 Å². The van der Waals surface area contributed by atoms with Crippen molar-refractivity contribution in [3.63, 3.8) is 0 Å². The lowest BCUT2D eigenvalue weighted by atomic mass is 10.0. The van der Waals surface area contributed by atoms with Crippen molar-refractivity contribution in [2.24, 2.45) is 0 Å². The topological polar surface area (TPSA) is 94.8 Å². The molecule has 1 saturated heterocycles. The zero-order valence-electron chi connectivity index (χ0n) is 13.5. The lowest BCUT2D eigenvalue weighted by Crippen LogP contribution is -2.34. The minimum absolute atomic E-state index is 0.108. The van der Waals surface area contributed by atoms with E-state index in [1.54, 1.807) is 13.0 Å². The van der Waals surface area contributed by atoms with Crippen molar-refractivity contribution in [2.45, 2.75) is 45.1 Å². The van der Waals surface area contributed by atoms with Crippen molar-refractivity contribution in [2.75, 3.05) is 13.7 Å². The van der Waals surface area contributed by atoms with Gasteiger partial charge < -0.3 is 19.2 Å². The number of methoxy groups -OCH3 is 1. The Morgan fingerprint density at radius 1 is 1.48 bits per heavy atom. The summed E-state index contributed by atoms with van der Waals surface area (Å²) in [6.07, 6.45) is 1.32. The van der Waals surface area contributed by atoms with Crippen molar-refractivity contribution in [1.29, 1.82) is 0 Å². The molecule has 1 unspecified atom stereocenters. The maximum Gasteiger partial charge on any atom is 0.342 e. The minimum Gasteiger partial charge on any atom is -0.496 e. The molecule has 23 heavy (non-hydrogen) atoms. The van der Waals surface area contributed by atoms with Crippen LogP contribution in [-0.4, -0.2) is 31.6 Å². The molecule has 1 aliphatic heterocycles. The van der Waals surface area contributed by atoms with Gasteiger partial charge in [0.05, 0.1) is 19.3 Å². The lowest BCUT2D eigenvalue weighted by molar-refractivity contribution is -0.146. The van der Waals surface area contributed by atoms with Gasteiger partial charge in [0.15, 0.2) is 0 Å². The van der Waals surface area contributed by atoms with Crippen LogP contribution in [0.2, 0.25) is 0 Å². The molecule has 2 atom stereocenters. The summed E-state index contributed by atoms with van der Waals surface area (Å²) >= 11 is 0. The normalized spacial score (nSPS) is 18.4. The number of rotatable bonds is 6. The molecule has 0 radical (unpaired) electrons. The van der Waals surface area contributed by atoms with E-state index in [-0.39, 0.29) is 18.4 Å². The van der Waals surface area contributed by atoms with Crippen LogP contribution >= 0.6 is 0 Å². The molecule has 1 aromatic rings. The van der Waals surface area contributed by atoms with Crippen LogP contribution in [0.25, 0.3) is 0 Å². The van der Waals surface area contributed by atoms with Crippen LogP contribution in [0.15, 0.2) is 15.3 Å². The van der Waals surface area contributed by atoms with Crippen molar-refractivity contribution in [3.05, 3.63) is 27.8 Å². The van der Waals surface area contributed by atoms with Gasteiger partial charge in [0.25, 0.3) is 0 Å². The van der Waals surface area contributed by atoms with E-state index in [1.807, 2.05) is 6.92 Å². The molecule has 1 fully saturated rings. The Hall–Kier alpha value is -2.31. The van der Waals surface area contributed by atoms with E-state index in [9.17, 15) is 14.4 Å².